The molecular weight excluding hydrogens is 302 g/mol. The zero-order valence-corrected chi connectivity index (χ0v) is 12.8. The number of halogens is 2. The molecular formula is C18H18F2O3. The van der Waals surface area contributed by atoms with Crippen molar-refractivity contribution in [2.75, 3.05) is 6.67 Å². The molecule has 2 aromatic carbocycles. The van der Waals surface area contributed by atoms with Crippen molar-refractivity contribution >= 4 is 5.97 Å². The van der Waals surface area contributed by atoms with Gasteiger partial charge in [0.05, 0.1) is 6.67 Å². The number of phenols is 1. The Bertz CT molecular complexity index is 658. The molecule has 0 saturated carbocycles. The van der Waals surface area contributed by atoms with Crippen LogP contribution in [0.4, 0.5) is 8.78 Å². The first-order valence-corrected chi connectivity index (χ1v) is 7.27. The van der Waals surface area contributed by atoms with Gasteiger partial charge in [-0.2, -0.15) is 0 Å². The van der Waals surface area contributed by atoms with Gasteiger partial charge in [0.25, 0.3) is 0 Å². The number of ether oxygens (including phenoxy) is 1. The van der Waals surface area contributed by atoms with E-state index in [4.69, 9.17) is 4.74 Å². The number of aryl methyl sites for hydroxylation is 1. The van der Waals surface area contributed by atoms with Crippen molar-refractivity contribution in [3.05, 3.63) is 64.5 Å². The van der Waals surface area contributed by atoms with Gasteiger partial charge in [0.2, 0.25) is 0 Å². The highest BCUT2D eigenvalue weighted by atomic mass is 19.1. The van der Waals surface area contributed by atoms with Crippen molar-refractivity contribution < 1.29 is 23.4 Å². The maximum atomic E-state index is 14.2. The average molecular weight is 320 g/mol. The zero-order valence-electron chi connectivity index (χ0n) is 12.8. The minimum Gasteiger partial charge on any atom is -0.508 e. The van der Waals surface area contributed by atoms with Crippen LogP contribution < -0.4 is 0 Å². The molecule has 23 heavy (non-hydrogen) atoms. The quantitative estimate of drug-likeness (QED) is 0.826. The maximum Gasteiger partial charge on any atom is 0.302 e. The highest BCUT2D eigenvalue weighted by Crippen LogP contribution is 2.26. The summed E-state index contributed by atoms with van der Waals surface area (Å²) in [6, 6.07) is 9.79. The Morgan fingerprint density at radius 2 is 1.78 bits per heavy atom. The number of hydrogen-bond donors (Lipinski definition) is 1. The summed E-state index contributed by atoms with van der Waals surface area (Å²) in [5, 5.41) is 10.0. The van der Waals surface area contributed by atoms with Crippen LogP contribution in [0, 0.1) is 5.82 Å². The minimum atomic E-state index is -0.556. The fourth-order valence-electron chi connectivity index (χ4n) is 2.26. The van der Waals surface area contributed by atoms with Crippen LogP contribution in [0.25, 0.3) is 0 Å². The molecule has 0 unspecified atom stereocenters. The summed E-state index contributed by atoms with van der Waals surface area (Å²) < 4.78 is 31.2. The summed E-state index contributed by atoms with van der Waals surface area (Å²) in [6.45, 7) is 0.758. The Morgan fingerprint density at radius 1 is 1.13 bits per heavy atom. The third-order valence-corrected chi connectivity index (χ3v) is 3.46. The number of benzene rings is 2. The second kappa shape index (κ2) is 7.72. The van der Waals surface area contributed by atoms with Crippen molar-refractivity contribution in [1.82, 2.24) is 0 Å². The van der Waals surface area contributed by atoms with Crippen LogP contribution in [0.3, 0.4) is 0 Å². The molecule has 2 aromatic rings. The largest absolute Gasteiger partial charge is 0.508 e. The van der Waals surface area contributed by atoms with E-state index in [0.717, 1.165) is 11.1 Å². The van der Waals surface area contributed by atoms with E-state index in [2.05, 4.69) is 0 Å². The van der Waals surface area contributed by atoms with E-state index < -0.39 is 18.5 Å². The Labute approximate surface area is 133 Å². The number of aromatic hydroxyl groups is 1. The maximum absolute atomic E-state index is 14.2. The third kappa shape index (κ3) is 4.77. The molecule has 0 fully saturated rings. The van der Waals surface area contributed by atoms with E-state index >= 15 is 0 Å². The molecule has 2 rings (SSSR count). The van der Waals surface area contributed by atoms with Gasteiger partial charge < -0.3 is 9.84 Å². The van der Waals surface area contributed by atoms with Gasteiger partial charge in [0, 0.05) is 25.3 Å². The molecule has 0 amide bonds. The first-order valence-electron chi connectivity index (χ1n) is 7.27. The molecule has 0 bridgehead atoms. The number of phenolic OH excluding ortho intramolecular Hbond substituents is 1. The first-order chi connectivity index (χ1) is 11.0. The zero-order chi connectivity index (χ0) is 16.8. The van der Waals surface area contributed by atoms with Crippen molar-refractivity contribution in [3.63, 3.8) is 0 Å². The molecule has 0 heterocycles. The predicted octanol–water partition coefficient (Wildman–Crippen LogP) is 3.70. The van der Waals surface area contributed by atoms with Crippen molar-refractivity contribution in [2.24, 2.45) is 0 Å². The van der Waals surface area contributed by atoms with E-state index in [9.17, 15) is 18.7 Å². The fraction of sp³-hybridized carbons (Fsp3) is 0.278. The smallest absolute Gasteiger partial charge is 0.302 e. The highest BCUT2D eigenvalue weighted by molar-refractivity contribution is 5.65. The van der Waals surface area contributed by atoms with E-state index in [1.807, 2.05) is 0 Å². The van der Waals surface area contributed by atoms with Crippen LogP contribution in [0.2, 0.25) is 0 Å². The van der Waals surface area contributed by atoms with E-state index in [0.29, 0.717) is 12.0 Å². The lowest BCUT2D eigenvalue weighted by atomic mass is 10.00. The van der Waals surface area contributed by atoms with Gasteiger partial charge >= 0.3 is 5.97 Å². The lowest BCUT2D eigenvalue weighted by Crippen LogP contribution is -2.01. The predicted molar refractivity (Wildman–Crippen MR) is 82.5 cm³/mol. The standard InChI is InChI=1S/C18H18F2O3/c1-12(21)23-11-15-9-17(20)16(18(22)10-15)8-14-4-2-13(3-5-14)6-7-19/h2-5,9-10,22H,6-8,11H2,1H3. The van der Waals surface area contributed by atoms with E-state index in [-0.39, 0.29) is 24.3 Å². The molecule has 0 atom stereocenters. The van der Waals surface area contributed by atoms with Crippen LogP contribution >= 0.6 is 0 Å². The lowest BCUT2D eigenvalue weighted by Gasteiger charge is -2.10. The highest BCUT2D eigenvalue weighted by Gasteiger charge is 2.12. The molecule has 1 N–H and O–H groups in total. The number of hydrogen-bond acceptors (Lipinski definition) is 3. The Morgan fingerprint density at radius 3 is 2.35 bits per heavy atom. The molecule has 3 nitrogen and oxygen atoms in total. The van der Waals surface area contributed by atoms with Gasteiger partial charge in [-0.25, -0.2) is 4.39 Å². The molecule has 0 radical (unpaired) electrons. The van der Waals surface area contributed by atoms with Gasteiger partial charge in [-0.1, -0.05) is 24.3 Å². The third-order valence-electron chi connectivity index (χ3n) is 3.46. The monoisotopic (exact) mass is 320 g/mol. The fourth-order valence-corrected chi connectivity index (χ4v) is 2.26. The van der Waals surface area contributed by atoms with Crippen LogP contribution in [0.15, 0.2) is 36.4 Å². The summed E-state index contributed by atoms with van der Waals surface area (Å²) in [7, 11) is 0. The number of esters is 1. The van der Waals surface area contributed by atoms with Crippen molar-refractivity contribution in [2.45, 2.75) is 26.4 Å². The summed E-state index contributed by atoms with van der Waals surface area (Å²) in [6.07, 6.45) is 0.576. The SMILES string of the molecule is CC(=O)OCc1cc(O)c(Cc2ccc(CCF)cc2)c(F)c1. The molecule has 0 aliphatic carbocycles. The molecule has 0 saturated heterocycles. The van der Waals surface area contributed by atoms with Gasteiger partial charge in [0.1, 0.15) is 18.2 Å². The molecule has 0 aliphatic heterocycles. The molecule has 122 valence electrons. The second-order valence-corrected chi connectivity index (χ2v) is 5.29. The van der Waals surface area contributed by atoms with Crippen molar-refractivity contribution in [1.29, 1.82) is 0 Å². The summed E-state index contributed by atoms with van der Waals surface area (Å²) in [4.78, 5) is 10.8. The van der Waals surface area contributed by atoms with Gasteiger partial charge in [-0.05, 0) is 28.8 Å². The van der Waals surface area contributed by atoms with Crippen LogP contribution in [-0.4, -0.2) is 17.8 Å². The average Bonchev–Trinajstić information content (AvgIpc) is 2.51. The van der Waals surface area contributed by atoms with Gasteiger partial charge in [0.15, 0.2) is 0 Å². The Kier molecular flexibility index (Phi) is 5.68. The number of rotatable bonds is 6. The summed E-state index contributed by atoms with van der Waals surface area (Å²) in [5.41, 5.74) is 2.25. The molecule has 0 aliphatic rings. The normalized spacial score (nSPS) is 10.6. The lowest BCUT2D eigenvalue weighted by molar-refractivity contribution is -0.142. The van der Waals surface area contributed by atoms with E-state index in [1.54, 1.807) is 24.3 Å². The summed E-state index contributed by atoms with van der Waals surface area (Å²) in [5.74, 6) is -1.21. The number of carbonyl (C=O) groups excluding carboxylic acids is 1. The van der Waals surface area contributed by atoms with Crippen LogP contribution in [0.5, 0.6) is 5.75 Å². The van der Waals surface area contributed by atoms with Crippen molar-refractivity contribution in [3.8, 4) is 5.75 Å². The summed E-state index contributed by atoms with van der Waals surface area (Å²) >= 11 is 0. The van der Waals surface area contributed by atoms with Crippen LogP contribution in [-0.2, 0) is 29.0 Å². The number of alkyl halides is 1. The Hall–Kier alpha value is -2.43. The minimum absolute atomic E-state index is 0.0853. The second-order valence-electron chi connectivity index (χ2n) is 5.29. The topological polar surface area (TPSA) is 46.5 Å². The molecule has 5 heteroatoms. The van der Waals surface area contributed by atoms with E-state index in [1.165, 1.54) is 19.1 Å². The van der Waals surface area contributed by atoms with Crippen LogP contribution in [0.1, 0.15) is 29.2 Å². The molecule has 0 aromatic heterocycles. The van der Waals surface area contributed by atoms with Gasteiger partial charge in [-0.3, -0.25) is 9.18 Å². The number of carbonyl (C=O) groups is 1. The Balaban J connectivity index is 2.14. The molecule has 0 spiro atoms. The first kappa shape index (κ1) is 16.9. The van der Waals surface area contributed by atoms with Gasteiger partial charge in [-0.15, -0.1) is 0 Å².